The summed E-state index contributed by atoms with van der Waals surface area (Å²) in [6.07, 6.45) is 1.93. The summed E-state index contributed by atoms with van der Waals surface area (Å²) in [6, 6.07) is 0. The summed E-state index contributed by atoms with van der Waals surface area (Å²) in [6.45, 7) is 0. The van der Waals surface area contributed by atoms with E-state index in [2.05, 4.69) is 26.7 Å². The van der Waals surface area contributed by atoms with Gasteiger partial charge in [0.15, 0.2) is 0 Å². The van der Waals surface area contributed by atoms with Crippen LogP contribution in [0.15, 0.2) is 4.30 Å². The fourth-order valence-electron chi connectivity index (χ4n) is 0.0398. The second-order valence-electron chi connectivity index (χ2n) is 0.386. The molecule has 0 aromatic rings. The molecule has 0 saturated heterocycles. The van der Waals surface area contributed by atoms with Crippen molar-refractivity contribution in [2.45, 2.75) is 0 Å². The fourth-order valence-corrected chi connectivity index (χ4v) is 0.802. The molecule has 4 heteroatoms. The first-order valence-electron chi connectivity index (χ1n) is 1.07. The van der Waals surface area contributed by atoms with E-state index in [1.165, 1.54) is 11.9 Å². The Kier molecular flexibility index (Phi) is 5.88. The first-order valence-corrected chi connectivity index (χ1v) is 3.49. The van der Waals surface area contributed by atoms with Crippen LogP contribution in [0.3, 0.4) is 0 Å². The normalized spacial score (nSPS) is 8.40. The molecule has 0 atom stereocenters. The first-order chi connectivity index (χ1) is 2.41. The maximum atomic E-state index is 3.75. The first kappa shape index (κ1) is 5.94. The third-order valence-corrected chi connectivity index (χ3v) is 1.12. The molecule has 0 aliphatic rings. The summed E-state index contributed by atoms with van der Waals surface area (Å²) in [7, 11) is 0. The average Bonchev–Trinajstić information content (AvgIpc) is 1.41. The van der Waals surface area contributed by atoms with Crippen molar-refractivity contribution in [2.75, 3.05) is 6.26 Å². The predicted octanol–water partition coefficient (Wildman–Crippen LogP) is 1.50. The van der Waals surface area contributed by atoms with Gasteiger partial charge in [-0.2, -0.15) is 0 Å². The van der Waals surface area contributed by atoms with Gasteiger partial charge < -0.3 is 0 Å². The van der Waals surface area contributed by atoms with Gasteiger partial charge in [-0.3, -0.25) is 0 Å². The van der Waals surface area contributed by atoms with Crippen LogP contribution in [0, 0.1) is 0 Å². The summed E-state index contributed by atoms with van der Waals surface area (Å²) < 4.78 is 3.75. The number of hydrogen-bond donors (Lipinski definition) is 0. The van der Waals surface area contributed by atoms with Crippen LogP contribution < -0.4 is 0 Å². The van der Waals surface area contributed by atoms with Crippen LogP contribution >= 0.6 is 34.3 Å². The second kappa shape index (κ2) is 4.94. The van der Waals surface area contributed by atoms with E-state index in [1.807, 2.05) is 6.26 Å². The van der Waals surface area contributed by atoms with Crippen LogP contribution in [-0.4, -0.2) is 11.2 Å². The molecule has 0 radical (unpaired) electrons. The van der Waals surface area contributed by atoms with Crippen molar-refractivity contribution in [1.29, 1.82) is 0 Å². The third kappa shape index (κ3) is 4.94. The van der Waals surface area contributed by atoms with Crippen molar-refractivity contribution in [3.63, 3.8) is 0 Å². The van der Waals surface area contributed by atoms with Gasteiger partial charge >= 0.3 is 49.8 Å². The van der Waals surface area contributed by atoms with Crippen molar-refractivity contribution in [3.05, 3.63) is 0 Å². The molecule has 0 unspecified atom stereocenters. The van der Waals surface area contributed by atoms with Gasteiger partial charge in [0.05, 0.1) is 0 Å². The molecule has 28 valence electrons. The SMILES string of the molecule is CSN=BI. The summed E-state index contributed by atoms with van der Waals surface area (Å²) in [5.41, 5.74) is 0. The van der Waals surface area contributed by atoms with Gasteiger partial charge in [-0.1, -0.05) is 0 Å². The van der Waals surface area contributed by atoms with Crippen LogP contribution in [0.25, 0.3) is 0 Å². The molecule has 0 spiro atoms. The van der Waals surface area contributed by atoms with Gasteiger partial charge in [-0.05, 0) is 0 Å². The van der Waals surface area contributed by atoms with E-state index in [-0.39, 0.29) is 0 Å². The van der Waals surface area contributed by atoms with E-state index < -0.39 is 0 Å². The van der Waals surface area contributed by atoms with E-state index in [0.29, 0.717) is 0 Å². The Labute approximate surface area is 49.9 Å². The molecule has 0 heterocycles. The Bertz CT molecular complexity index is 38.6. The molecule has 0 aliphatic heterocycles. The number of rotatable bonds is 1. The minimum absolute atomic E-state index is 1.46. The standard InChI is InChI=1S/CH3BINS/c1-5-4-2-3/h1H3. The van der Waals surface area contributed by atoms with E-state index in [1.54, 1.807) is 4.93 Å². The molecule has 0 N–H and O–H groups in total. The van der Waals surface area contributed by atoms with Crippen LogP contribution in [0.5, 0.6) is 0 Å². The fraction of sp³-hybridized carbons (Fsp3) is 1.00. The average molecular weight is 199 g/mol. The van der Waals surface area contributed by atoms with Gasteiger partial charge in [0.2, 0.25) is 0 Å². The molecule has 1 nitrogen and oxygen atoms in total. The van der Waals surface area contributed by atoms with Crippen LogP contribution in [0.2, 0.25) is 0 Å². The van der Waals surface area contributed by atoms with Crippen LogP contribution in [0.4, 0.5) is 0 Å². The van der Waals surface area contributed by atoms with Crippen molar-refractivity contribution in [1.82, 2.24) is 0 Å². The third-order valence-electron chi connectivity index (χ3n) is 0.145. The Morgan fingerprint density at radius 1 is 2.00 bits per heavy atom. The van der Waals surface area contributed by atoms with E-state index in [9.17, 15) is 0 Å². The molecule has 0 aromatic heterocycles. The Hall–Kier alpha value is 0.945. The van der Waals surface area contributed by atoms with Gasteiger partial charge in [0, 0.05) is 0 Å². The quantitative estimate of drug-likeness (QED) is 0.354. The Balaban J connectivity index is 2.62. The molecule has 0 amide bonds. The molecular weight excluding hydrogens is 196 g/mol. The molecule has 0 saturated carbocycles. The molecular formula is CH3BINS. The van der Waals surface area contributed by atoms with Crippen molar-refractivity contribution < 1.29 is 0 Å². The van der Waals surface area contributed by atoms with Gasteiger partial charge in [-0.15, -0.1) is 0 Å². The maximum absolute atomic E-state index is 3.75. The zero-order chi connectivity index (χ0) is 4.12. The Morgan fingerprint density at radius 2 is 2.60 bits per heavy atom. The van der Waals surface area contributed by atoms with Gasteiger partial charge in [-0.25, -0.2) is 0 Å². The second-order valence-corrected chi connectivity index (χ2v) is 1.52. The molecule has 0 bridgehead atoms. The van der Waals surface area contributed by atoms with Crippen LogP contribution in [-0.2, 0) is 0 Å². The topological polar surface area (TPSA) is 12.4 Å². The van der Waals surface area contributed by atoms with E-state index in [0.717, 1.165) is 0 Å². The molecule has 0 aromatic carbocycles. The van der Waals surface area contributed by atoms with Gasteiger partial charge in [0.1, 0.15) is 0 Å². The zero-order valence-electron chi connectivity index (χ0n) is 2.81. The summed E-state index contributed by atoms with van der Waals surface area (Å²) in [4.78, 5) is 1.74. The van der Waals surface area contributed by atoms with Gasteiger partial charge in [0.25, 0.3) is 0 Å². The Morgan fingerprint density at radius 3 is 2.60 bits per heavy atom. The van der Waals surface area contributed by atoms with Crippen molar-refractivity contribution in [3.8, 4) is 0 Å². The summed E-state index contributed by atoms with van der Waals surface area (Å²) >= 11 is 3.54. The molecule has 0 rings (SSSR count). The number of hydrogen-bond acceptors (Lipinski definition) is 2. The predicted molar refractivity (Wildman–Crippen MR) is 35.7 cm³/mol. The summed E-state index contributed by atoms with van der Waals surface area (Å²) in [5, 5.41) is 0. The minimum atomic E-state index is 1.46. The number of nitrogens with zero attached hydrogens (tertiary/aromatic N) is 1. The monoisotopic (exact) mass is 199 g/mol. The molecule has 0 aliphatic carbocycles. The van der Waals surface area contributed by atoms with Crippen molar-refractivity contribution >= 4 is 39.3 Å². The number of halogens is 1. The molecule has 5 heavy (non-hydrogen) atoms. The van der Waals surface area contributed by atoms with E-state index in [4.69, 9.17) is 0 Å². The van der Waals surface area contributed by atoms with Crippen molar-refractivity contribution in [2.24, 2.45) is 4.30 Å². The summed E-state index contributed by atoms with van der Waals surface area (Å²) in [5.74, 6) is 0. The zero-order valence-corrected chi connectivity index (χ0v) is 5.78. The van der Waals surface area contributed by atoms with E-state index >= 15 is 0 Å². The van der Waals surface area contributed by atoms with Crippen LogP contribution in [0.1, 0.15) is 0 Å². The molecule has 0 fully saturated rings.